The van der Waals surface area contributed by atoms with Crippen LogP contribution in [0.2, 0.25) is 0 Å². The fourth-order valence-corrected chi connectivity index (χ4v) is 3.25. The van der Waals surface area contributed by atoms with Crippen molar-refractivity contribution < 1.29 is 4.74 Å². The van der Waals surface area contributed by atoms with Gasteiger partial charge in [-0.25, -0.2) is 0 Å². The summed E-state index contributed by atoms with van der Waals surface area (Å²) in [5.41, 5.74) is 6.11. The molecule has 3 heteroatoms. The molecule has 1 heterocycles. The molecule has 1 N–H and O–H groups in total. The summed E-state index contributed by atoms with van der Waals surface area (Å²) in [7, 11) is 0. The number of hydrogen-bond donors (Lipinski definition) is 1. The molecule has 0 fully saturated rings. The molecule has 0 bridgehead atoms. The van der Waals surface area contributed by atoms with E-state index in [1.54, 1.807) is 12.4 Å². The van der Waals surface area contributed by atoms with Crippen molar-refractivity contribution in [2.75, 3.05) is 11.9 Å². The van der Waals surface area contributed by atoms with Gasteiger partial charge in [0.15, 0.2) is 0 Å². The van der Waals surface area contributed by atoms with E-state index in [1.807, 2.05) is 12.1 Å². The lowest BCUT2D eigenvalue weighted by Gasteiger charge is -2.18. The number of aryl methyl sites for hydroxylation is 1. The molecule has 3 nitrogen and oxygen atoms in total. The molecule has 0 radical (unpaired) electrons. The van der Waals surface area contributed by atoms with Gasteiger partial charge in [-0.1, -0.05) is 44.2 Å². The fraction of sp³-hybridized carbons (Fsp3) is 0.292. The third-order valence-electron chi connectivity index (χ3n) is 4.54. The van der Waals surface area contributed by atoms with Crippen molar-refractivity contribution >= 4 is 5.69 Å². The molecule has 3 aromatic rings. The minimum atomic E-state index is 0.194. The van der Waals surface area contributed by atoms with Crippen LogP contribution in [-0.4, -0.2) is 17.6 Å². The molecule has 1 aromatic heterocycles. The molecule has 0 saturated carbocycles. The lowest BCUT2D eigenvalue weighted by Crippen LogP contribution is -2.23. The molecule has 2 aromatic carbocycles. The van der Waals surface area contributed by atoms with Gasteiger partial charge >= 0.3 is 0 Å². The molecular formula is C24H28N2O. The number of nitrogens with zero attached hydrogens (tertiary/aromatic N) is 1. The lowest BCUT2D eigenvalue weighted by atomic mass is 9.92. The van der Waals surface area contributed by atoms with Crippen molar-refractivity contribution in [1.82, 2.24) is 4.98 Å². The Morgan fingerprint density at radius 3 is 2.44 bits per heavy atom. The Hall–Kier alpha value is -2.81. The third-order valence-corrected chi connectivity index (χ3v) is 4.54. The van der Waals surface area contributed by atoms with E-state index in [0.717, 1.165) is 11.4 Å². The standard InChI is InChI=1S/C24H28N2O/c1-17(2)23-7-5-6-8-24(23)20-13-18(3)14-22(15-20)27-16-19(4)26-21-9-11-25-12-10-21/h5-15,17,19H,16H2,1-4H3,(H,25,26)/t19-/m0/s1. The van der Waals surface area contributed by atoms with Gasteiger partial charge < -0.3 is 10.1 Å². The summed E-state index contributed by atoms with van der Waals surface area (Å²) in [6.07, 6.45) is 3.57. The number of aromatic nitrogens is 1. The Labute approximate surface area is 162 Å². The van der Waals surface area contributed by atoms with Crippen molar-refractivity contribution in [2.24, 2.45) is 0 Å². The summed E-state index contributed by atoms with van der Waals surface area (Å²) in [6.45, 7) is 9.30. The Kier molecular flexibility index (Phi) is 6.12. The van der Waals surface area contributed by atoms with E-state index >= 15 is 0 Å². The maximum atomic E-state index is 6.11. The Balaban J connectivity index is 1.74. The van der Waals surface area contributed by atoms with Crippen LogP contribution in [-0.2, 0) is 0 Å². The number of rotatable bonds is 7. The van der Waals surface area contributed by atoms with Gasteiger partial charge in [-0.3, -0.25) is 4.98 Å². The van der Waals surface area contributed by atoms with Gasteiger partial charge in [-0.2, -0.15) is 0 Å². The summed E-state index contributed by atoms with van der Waals surface area (Å²) in [4.78, 5) is 4.04. The van der Waals surface area contributed by atoms with Crippen LogP contribution >= 0.6 is 0 Å². The zero-order chi connectivity index (χ0) is 19.2. The molecule has 0 spiro atoms. The maximum Gasteiger partial charge on any atom is 0.120 e. The number of ether oxygens (including phenoxy) is 1. The second-order valence-corrected chi connectivity index (χ2v) is 7.37. The SMILES string of the molecule is Cc1cc(OC[C@H](C)Nc2ccncc2)cc(-c2ccccc2C(C)C)c1. The van der Waals surface area contributed by atoms with Crippen molar-refractivity contribution in [3.05, 3.63) is 78.1 Å². The first-order chi connectivity index (χ1) is 13.0. The molecule has 3 rings (SSSR count). The average molecular weight is 361 g/mol. The smallest absolute Gasteiger partial charge is 0.120 e. The van der Waals surface area contributed by atoms with Gasteiger partial charge in [0.05, 0.1) is 6.04 Å². The van der Waals surface area contributed by atoms with Crippen LogP contribution in [0.5, 0.6) is 5.75 Å². The van der Waals surface area contributed by atoms with Gasteiger partial charge in [0.25, 0.3) is 0 Å². The third kappa shape index (κ3) is 5.10. The Morgan fingerprint density at radius 2 is 1.70 bits per heavy atom. The Bertz CT molecular complexity index is 875. The second kappa shape index (κ2) is 8.72. The van der Waals surface area contributed by atoms with Crippen LogP contribution in [0, 0.1) is 6.92 Å². The van der Waals surface area contributed by atoms with E-state index in [1.165, 1.54) is 22.3 Å². The van der Waals surface area contributed by atoms with Gasteiger partial charge in [0.2, 0.25) is 0 Å². The number of anilines is 1. The molecule has 140 valence electrons. The lowest BCUT2D eigenvalue weighted by molar-refractivity contribution is 0.304. The summed E-state index contributed by atoms with van der Waals surface area (Å²) in [6, 6.07) is 19.2. The van der Waals surface area contributed by atoms with Crippen LogP contribution in [0.1, 0.15) is 37.8 Å². The van der Waals surface area contributed by atoms with E-state index < -0.39 is 0 Å². The van der Waals surface area contributed by atoms with E-state index in [9.17, 15) is 0 Å². The molecule has 0 aliphatic rings. The molecule has 0 unspecified atom stereocenters. The maximum absolute atomic E-state index is 6.11. The summed E-state index contributed by atoms with van der Waals surface area (Å²) < 4.78 is 6.11. The van der Waals surface area contributed by atoms with E-state index in [4.69, 9.17) is 4.74 Å². The molecule has 27 heavy (non-hydrogen) atoms. The van der Waals surface area contributed by atoms with Crippen LogP contribution in [0.3, 0.4) is 0 Å². The van der Waals surface area contributed by atoms with E-state index in [-0.39, 0.29) is 6.04 Å². The number of hydrogen-bond acceptors (Lipinski definition) is 3. The molecule has 0 aliphatic heterocycles. The fourth-order valence-electron chi connectivity index (χ4n) is 3.25. The molecule has 0 amide bonds. The minimum Gasteiger partial charge on any atom is -0.491 e. The topological polar surface area (TPSA) is 34.1 Å². The van der Waals surface area contributed by atoms with Crippen LogP contribution in [0.25, 0.3) is 11.1 Å². The molecule has 0 aliphatic carbocycles. The quantitative estimate of drug-likeness (QED) is 0.556. The first-order valence-electron chi connectivity index (χ1n) is 9.53. The first-order valence-corrected chi connectivity index (χ1v) is 9.53. The van der Waals surface area contributed by atoms with Crippen LogP contribution in [0.4, 0.5) is 5.69 Å². The first kappa shape index (κ1) is 19.0. The van der Waals surface area contributed by atoms with E-state index in [2.05, 4.69) is 80.5 Å². The normalized spacial score (nSPS) is 12.0. The van der Waals surface area contributed by atoms with E-state index in [0.29, 0.717) is 12.5 Å². The largest absolute Gasteiger partial charge is 0.491 e. The zero-order valence-electron chi connectivity index (χ0n) is 16.6. The number of nitrogens with one attached hydrogen (secondary N) is 1. The van der Waals surface area contributed by atoms with Gasteiger partial charge in [0.1, 0.15) is 12.4 Å². The Morgan fingerprint density at radius 1 is 0.963 bits per heavy atom. The minimum absolute atomic E-state index is 0.194. The summed E-state index contributed by atoms with van der Waals surface area (Å²) >= 11 is 0. The van der Waals surface area contributed by atoms with Crippen molar-refractivity contribution in [3.8, 4) is 16.9 Å². The average Bonchev–Trinajstić information content (AvgIpc) is 2.67. The monoisotopic (exact) mass is 360 g/mol. The molecule has 0 saturated heterocycles. The van der Waals surface area contributed by atoms with Crippen molar-refractivity contribution in [1.29, 1.82) is 0 Å². The number of pyridine rings is 1. The molecule has 1 atom stereocenters. The predicted molar refractivity (Wildman–Crippen MR) is 114 cm³/mol. The van der Waals surface area contributed by atoms with Crippen molar-refractivity contribution in [3.63, 3.8) is 0 Å². The second-order valence-electron chi connectivity index (χ2n) is 7.37. The van der Waals surface area contributed by atoms with Gasteiger partial charge in [-0.05, 0) is 66.3 Å². The predicted octanol–water partition coefficient (Wildman–Crippen LogP) is 6.06. The number of benzene rings is 2. The highest BCUT2D eigenvalue weighted by Crippen LogP contribution is 2.32. The summed E-state index contributed by atoms with van der Waals surface area (Å²) in [5, 5.41) is 3.43. The van der Waals surface area contributed by atoms with Crippen LogP contribution in [0.15, 0.2) is 67.0 Å². The van der Waals surface area contributed by atoms with Gasteiger partial charge in [0, 0.05) is 18.1 Å². The highest BCUT2D eigenvalue weighted by Gasteiger charge is 2.10. The highest BCUT2D eigenvalue weighted by molar-refractivity contribution is 5.70. The van der Waals surface area contributed by atoms with Crippen LogP contribution < -0.4 is 10.1 Å². The molecular weight excluding hydrogens is 332 g/mol. The van der Waals surface area contributed by atoms with Crippen molar-refractivity contribution in [2.45, 2.75) is 39.7 Å². The highest BCUT2D eigenvalue weighted by atomic mass is 16.5. The van der Waals surface area contributed by atoms with Gasteiger partial charge in [-0.15, -0.1) is 0 Å². The zero-order valence-corrected chi connectivity index (χ0v) is 16.6. The summed E-state index contributed by atoms with van der Waals surface area (Å²) in [5.74, 6) is 1.39.